The molecule has 1 aliphatic heterocycles. The lowest BCUT2D eigenvalue weighted by molar-refractivity contribution is -0.128. The molecule has 2 rings (SSSR count). The predicted octanol–water partition coefficient (Wildman–Crippen LogP) is 1.75. The van der Waals surface area contributed by atoms with E-state index in [0.717, 1.165) is 5.56 Å². The van der Waals surface area contributed by atoms with E-state index in [1.54, 1.807) is 17.9 Å². The Hall–Kier alpha value is -1.42. The molecule has 0 aromatic heterocycles. The number of nitrogens with zero attached hydrogens (tertiary/aromatic N) is 1. The van der Waals surface area contributed by atoms with Gasteiger partial charge in [0.15, 0.2) is 0 Å². The summed E-state index contributed by atoms with van der Waals surface area (Å²) in [6.07, 6.45) is 0.341. The number of rotatable bonds is 2. The van der Waals surface area contributed by atoms with Gasteiger partial charge in [0, 0.05) is 19.0 Å². The van der Waals surface area contributed by atoms with Crippen LogP contribution in [0.25, 0.3) is 0 Å². The molecular weight excluding hydrogens is 219 g/mol. The average molecular weight is 236 g/mol. The summed E-state index contributed by atoms with van der Waals surface area (Å²) in [6, 6.07) is 4.63. The third-order valence-electron chi connectivity index (χ3n) is 3.35. The van der Waals surface area contributed by atoms with Crippen LogP contribution in [0.1, 0.15) is 30.5 Å². The van der Waals surface area contributed by atoms with Crippen LogP contribution in [-0.2, 0) is 4.79 Å². The van der Waals surface area contributed by atoms with Crippen molar-refractivity contribution in [3.8, 4) is 0 Å². The lowest BCUT2D eigenvalue weighted by atomic mass is 9.99. The van der Waals surface area contributed by atoms with Gasteiger partial charge in [0.25, 0.3) is 0 Å². The molecule has 1 aromatic carbocycles. The first-order valence-corrected chi connectivity index (χ1v) is 5.85. The van der Waals surface area contributed by atoms with Gasteiger partial charge in [-0.25, -0.2) is 4.39 Å². The van der Waals surface area contributed by atoms with Crippen LogP contribution in [0.3, 0.4) is 0 Å². The first-order valence-electron chi connectivity index (χ1n) is 5.85. The summed E-state index contributed by atoms with van der Waals surface area (Å²) in [6.45, 7) is 4.23. The minimum Gasteiger partial charge on any atom is -0.334 e. The molecule has 2 atom stereocenters. The van der Waals surface area contributed by atoms with Gasteiger partial charge in [-0.15, -0.1) is 0 Å². The van der Waals surface area contributed by atoms with Crippen molar-refractivity contribution < 1.29 is 9.18 Å². The van der Waals surface area contributed by atoms with E-state index in [9.17, 15) is 9.18 Å². The predicted molar refractivity (Wildman–Crippen MR) is 63.9 cm³/mol. The minimum atomic E-state index is -0.246. The third kappa shape index (κ3) is 2.05. The first kappa shape index (κ1) is 12.0. The van der Waals surface area contributed by atoms with Crippen LogP contribution in [0.5, 0.6) is 0 Å². The van der Waals surface area contributed by atoms with Crippen molar-refractivity contribution in [2.24, 2.45) is 5.73 Å². The number of aryl methyl sites for hydroxylation is 1. The number of amides is 1. The summed E-state index contributed by atoms with van der Waals surface area (Å²) in [4.78, 5) is 13.4. The molecule has 0 saturated carbocycles. The number of likely N-dealkylation sites (N-methyl/N-ethyl adjacent to an activating group) is 1. The van der Waals surface area contributed by atoms with Crippen molar-refractivity contribution in [1.82, 2.24) is 4.90 Å². The Morgan fingerprint density at radius 3 is 2.82 bits per heavy atom. The van der Waals surface area contributed by atoms with Crippen LogP contribution in [0.4, 0.5) is 4.39 Å². The highest BCUT2D eigenvalue weighted by molar-refractivity contribution is 5.80. The fourth-order valence-corrected chi connectivity index (χ4v) is 2.41. The normalized spacial score (nSPS) is 24.5. The van der Waals surface area contributed by atoms with Crippen molar-refractivity contribution in [3.63, 3.8) is 0 Å². The van der Waals surface area contributed by atoms with E-state index in [2.05, 4.69) is 0 Å². The summed E-state index contributed by atoms with van der Waals surface area (Å²) >= 11 is 0. The highest BCUT2D eigenvalue weighted by Crippen LogP contribution is 2.32. The molecule has 2 unspecified atom stereocenters. The molecule has 0 bridgehead atoms. The van der Waals surface area contributed by atoms with Crippen LogP contribution in [0, 0.1) is 12.7 Å². The van der Waals surface area contributed by atoms with Gasteiger partial charge in [-0.05, 0) is 31.0 Å². The van der Waals surface area contributed by atoms with Gasteiger partial charge >= 0.3 is 0 Å². The third-order valence-corrected chi connectivity index (χ3v) is 3.35. The zero-order chi connectivity index (χ0) is 12.6. The molecular formula is C13H17FN2O. The summed E-state index contributed by atoms with van der Waals surface area (Å²) in [5, 5.41) is 0. The molecule has 1 aromatic rings. The molecule has 17 heavy (non-hydrogen) atoms. The van der Waals surface area contributed by atoms with Gasteiger partial charge in [0.1, 0.15) is 5.82 Å². The number of nitrogens with two attached hydrogens (primary N) is 1. The van der Waals surface area contributed by atoms with Crippen molar-refractivity contribution in [2.45, 2.75) is 32.4 Å². The standard InChI is InChI=1S/C13H17FN2O/c1-3-16-12(17)7-11(15)13(16)9-5-4-8(2)10(14)6-9/h4-6,11,13H,3,7,15H2,1-2H3. The molecule has 1 amide bonds. The molecule has 2 N–H and O–H groups in total. The second-order valence-corrected chi connectivity index (χ2v) is 4.50. The fourth-order valence-electron chi connectivity index (χ4n) is 2.41. The maximum absolute atomic E-state index is 13.5. The van der Waals surface area contributed by atoms with Crippen LogP contribution in [-0.4, -0.2) is 23.4 Å². The SMILES string of the molecule is CCN1C(=O)CC(N)C1c1ccc(C)c(F)c1. The Morgan fingerprint density at radius 1 is 1.53 bits per heavy atom. The van der Waals surface area contributed by atoms with Gasteiger partial charge in [0.05, 0.1) is 6.04 Å². The Morgan fingerprint density at radius 2 is 2.24 bits per heavy atom. The Labute approximate surface area is 100 Å². The summed E-state index contributed by atoms with van der Waals surface area (Å²) in [5.41, 5.74) is 7.36. The van der Waals surface area contributed by atoms with Crippen molar-refractivity contribution in [1.29, 1.82) is 0 Å². The monoisotopic (exact) mass is 236 g/mol. The lowest BCUT2D eigenvalue weighted by Crippen LogP contribution is -2.33. The lowest BCUT2D eigenvalue weighted by Gasteiger charge is -2.26. The average Bonchev–Trinajstić information content (AvgIpc) is 2.57. The second kappa shape index (κ2) is 4.45. The molecule has 1 saturated heterocycles. The molecule has 0 radical (unpaired) electrons. The number of carbonyl (C=O) groups is 1. The molecule has 92 valence electrons. The molecule has 0 spiro atoms. The number of halogens is 1. The smallest absolute Gasteiger partial charge is 0.224 e. The molecule has 1 aliphatic rings. The van der Waals surface area contributed by atoms with Crippen LogP contribution in [0.15, 0.2) is 18.2 Å². The zero-order valence-corrected chi connectivity index (χ0v) is 10.1. The van der Waals surface area contributed by atoms with Crippen molar-refractivity contribution in [3.05, 3.63) is 35.1 Å². The van der Waals surface area contributed by atoms with Gasteiger partial charge in [-0.2, -0.15) is 0 Å². The van der Waals surface area contributed by atoms with E-state index in [0.29, 0.717) is 18.5 Å². The summed E-state index contributed by atoms with van der Waals surface area (Å²) in [5.74, 6) is -0.198. The number of carbonyl (C=O) groups excluding carboxylic acids is 1. The van der Waals surface area contributed by atoms with Crippen LogP contribution in [0.2, 0.25) is 0 Å². The van der Waals surface area contributed by atoms with Crippen LogP contribution >= 0.6 is 0 Å². The number of benzene rings is 1. The molecule has 0 aliphatic carbocycles. The van der Waals surface area contributed by atoms with E-state index < -0.39 is 0 Å². The topological polar surface area (TPSA) is 46.3 Å². The number of likely N-dealkylation sites (tertiary alicyclic amines) is 1. The van der Waals surface area contributed by atoms with Crippen molar-refractivity contribution in [2.75, 3.05) is 6.54 Å². The largest absolute Gasteiger partial charge is 0.334 e. The Balaban J connectivity index is 2.37. The number of hydrogen-bond donors (Lipinski definition) is 1. The number of hydrogen-bond acceptors (Lipinski definition) is 2. The maximum Gasteiger partial charge on any atom is 0.224 e. The van der Waals surface area contributed by atoms with Gasteiger partial charge in [0.2, 0.25) is 5.91 Å². The summed E-state index contributed by atoms with van der Waals surface area (Å²) in [7, 11) is 0. The molecule has 1 fully saturated rings. The van der Waals surface area contributed by atoms with E-state index in [4.69, 9.17) is 5.73 Å². The molecule has 4 heteroatoms. The Kier molecular flexibility index (Phi) is 3.15. The zero-order valence-electron chi connectivity index (χ0n) is 10.1. The Bertz CT molecular complexity index is 447. The quantitative estimate of drug-likeness (QED) is 0.850. The van der Waals surface area contributed by atoms with E-state index >= 15 is 0 Å². The molecule has 3 nitrogen and oxygen atoms in total. The van der Waals surface area contributed by atoms with Gasteiger partial charge < -0.3 is 10.6 Å². The first-order chi connectivity index (χ1) is 8.04. The highest BCUT2D eigenvalue weighted by Gasteiger charge is 2.37. The second-order valence-electron chi connectivity index (χ2n) is 4.50. The fraction of sp³-hybridized carbons (Fsp3) is 0.462. The van der Waals surface area contributed by atoms with E-state index in [-0.39, 0.29) is 23.8 Å². The minimum absolute atomic E-state index is 0.0472. The summed E-state index contributed by atoms with van der Waals surface area (Å²) < 4.78 is 13.5. The van der Waals surface area contributed by atoms with Gasteiger partial charge in [-0.1, -0.05) is 12.1 Å². The van der Waals surface area contributed by atoms with E-state index in [1.807, 2.05) is 13.0 Å². The molecule has 1 heterocycles. The van der Waals surface area contributed by atoms with Crippen molar-refractivity contribution >= 4 is 5.91 Å². The highest BCUT2D eigenvalue weighted by atomic mass is 19.1. The maximum atomic E-state index is 13.5. The van der Waals surface area contributed by atoms with Crippen LogP contribution < -0.4 is 5.73 Å². The van der Waals surface area contributed by atoms with Gasteiger partial charge in [-0.3, -0.25) is 4.79 Å². The van der Waals surface area contributed by atoms with E-state index in [1.165, 1.54) is 6.07 Å².